The second kappa shape index (κ2) is 5.99. The van der Waals surface area contributed by atoms with Gasteiger partial charge in [-0.15, -0.1) is 0 Å². The van der Waals surface area contributed by atoms with Gasteiger partial charge in [-0.1, -0.05) is 31.5 Å². The predicted octanol–water partition coefficient (Wildman–Crippen LogP) is 2.87. The molecule has 0 saturated heterocycles. The molecule has 2 aromatic rings. The molecule has 110 valence electrons. The summed E-state index contributed by atoms with van der Waals surface area (Å²) in [5.74, 6) is 1.19. The number of hydrogen-bond acceptors (Lipinski definition) is 3. The second-order valence-corrected chi connectivity index (χ2v) is 5.25. The molecule has 2 N–H and O–H groups in total. The number of carbonyl (C=O) groups excluding carboxylic acids is 1. The van der Waals surface area contributed by atoms with Crippen LogP contribution in [0.1, 0.15) is 36.9 Å². The minimum atomic E-state index is -0.179. The minimum absolute atomic E-state index is 0.0275. The van der Waals surface area contributed by atoms with Crippen LogP contribution in [0.3, 0.4) is 0 Å². The van der Waals surface area contributed by atoms with E-state index in [9.17, 15) is 4.79 Å². The van der Waals surface area contributed by atoms with Gasteiger partial charge in [-0.05, 0) is 18.9 Å². The molecule has 1 aromatic carbocycles. The number of aromatic nitrogens is 2. The molecule has 0 saturated carbocycles. The monoisotopic (exact) mass is 285 g/mol. The predicted molar refractivity (Wildman–Crippen MR) is 80.5 cm³/mol. The van der Waals surface area contributed by atoms with Crippen molar-refractivity contribution in [1.82, 2.24) is 10.2 Å². The van der Waals surface area contributed by atoms with Crippen molar-refractivity contribution in [2.45, 2.75) is 32.1 Å². The molecular formula is C16H19N3O2. The first-order valence-electron chi connectivity index (χ1n) is 7.35. The molecule has 1 aliphatic heterocycles. The lowest BCUT2D eigenvalue weighted by atomic mass is 9.92. The van der Waals surface area contributed by atoms with Gasteiger partial charge in [0.25, 0.3) is 0 Å². The number of anilines is 1. The zero-order valence-corrected chi connectivity index (χ0v) is 12.1. The van der Waals surface area contributed by atoms with Gasteiger partial charge >= 0.3 is 0 Å². The Kier molecular flexibility index (Phi) is 3.90. The number of nitrogens with zero attached hydrogens (tertiary/aromatic N) is 1. The van der Waals surface area contributed by atoms with E-state index in [0.29, 0.717) is 18.8 Å². The van der Waals surface area contributed by atoms with Crippen LogP contribution >= 0.6 is 0 Å². The van der Waals surface area contributed by atoms with Gasteiger partial charge < -0.3 is 10.1 Å². The number of nitrogens with one attached hydrogen (secondary N) is 2. The number of benzene rings is 1. The molecule has 2 heterocycles. The third-order valence-corrected chi connectivity index (χ3v) is 3.68. The molecule has 5 nitrogen and oxygen atoms in total. The van der Waals surface area contributed by atoms with Gasteiger partial charge in [-0.3, -0.25) is 9.89 Å². The molecule has 0 bridgehead atoms. The van der Waals surface area contributed by atoms with Crippen LogP contribution in [0, 0.1) is 0 Å². The highest BCUT2D eigenvalue weighted by atomic mass is 16.5. The number of fused-ring (bicyclic) bond motifs is 1. The Morgan fingerprint density at radius 1 is 1.48 bits per heavy atom. The molecule has 1 aliphatic rings. The van der Waals surface area contributed by atoms with Gasteiger partial charge in [0.05, 0.1) is 12.5 Å². The maximum atomic E-state index is 12.5. The Hall–Kier alpha value is -2.30. The number of carbonyl (C=O) groups is 1. The lowest BCUT2D eigenvalue weighted by Gasteiger charge is -2.24. The lowest BCUT2D eigenvalue weighted by molar-refractivity contribution is -0.118. The Labute approximate surface area is 123 Å². The Morgan fingerprint density at radius 2 is 2.33 bits per heavy atom. The zero-order chi connectivity index (χ0) is 14.7. The smallest absolute Gasteiger partial charge is 0.233 e. The summed E-state index contributed by atoms with van der Waals surface area (Å²) in [5, 5.41) is 9.98. The highest BCUT2D eigenvalue weighted by molar-refractivity contribution is 5.95. The van der Waals surface area contributed by atoms with Crippen molar-refractivity contribution in [2.75, 3.05) is 11.9 Å². The minimum Gasteiger partial charge on any atom is -0.493 e. The third-order valence-electron chi connectivity index (χ3n) is 3.68. The largest absolute Gasteiger partial charge is 0.493 e. The number of aromatic amines is 1. The van der Waals surface area contributed by atoms with E-state index in [2.05, 4.69) is 22.4 Å². The van der Waals surface area contributed by atoms with Gasteiger partial charge in [-0.2, -0.15) is 5.10 Å². The molecule has 0 spiro atoms. The highest BCUT2D eigenvalue weighted by Gasteiger charge is 2.27. The van der Waals surface area contributed by atoms with E-state index in [1.54, 1.807) is 0 Å². The summed E-state index contributed by atoms with van der Waals surface area (Å²) < 4.78 is 5.59. The molecule has 5 heteroatoms. The fourth-order valence-electron chi connectivity index (χ4n) is 2.65. The molecule has 1 unspecified atom stereocenters. The fraction of sp³-hybridized carbons (Fsp3) is 0.375. The van der Waals surface area contributed by atoms with Gasteiger partial charge in [0.15, 0.2) is 5.82 Å². The van der Waals surface area contributed by atoms with Gasteiger partial charge in [0.2, 0.25) is 5.91 Å². The van der Waals surface area contributed by atoms with Crippen LogP contribution in [0.15, 0.2) is 30.3 Å². The van der Waals surface area contributed by atoms with Crippen LogP contribution in [0.2, 0.25) is 0 Å². The Balaban J connectivity index is 1.74. The van der Waals surface area contributed by atoms with E-state index in [4.69, 9.17) is 4.74 Å². The normalized spacial score (nSPS) is 16.9. The van der Waals surface area contributed by atoms with Crippen molar-refractivity contribution in [2.24, 2.45) is 0 Å². The van der Waals surface area contributed by atoms with Crippen LogP contribution in [-0.4, -0.2) is 22.7 Å². The lowest BCUT2D eigenvalue weighted by Crippen LogP contribution is -2.26. The molecule has 1 amide bonds. The SMILES string of the molecule is CCCc1cc(NC(=O)C2CCOc3ccccc32)n[nH]1. The van der Waals surface area contributed by atoms with Gasteiger partial charge in [-0.25, -0.2) is 0 Å². The first-order valence-corrected chi connectivity index (χ1v) is 7.35. The molecule has 0 radical (unpaired) electrons. The van der Waals surface area contributed by atoms with Crippen molar-refractivity contribution in [3.8, 4) is 5.75 Å². The molecule has 1 aromatic heterocycles. The molecule has 1 atom stereocenters. The van der Waals surface area contributed by atoms with Gasteiger partial charge in [0.1, 0.15) is 5.75 Å². The maximum absolute atomic E-state index is 12.5. The second-order valence-electron chi connectivity index (χ2n) is 5.25. The fourth-order valence-corrected chi connectivity index (χ4v) is 2.65. The van der Waals surface area contributed by atoms with Crippen molar-refractivity contribution in [1.29, 1.82) is 0 Å². The Morgan fingerprint density at radius 3 is 3.19 bits per heavy atom. The van der Waals surface area contributed by atoms with E-state index in [0.717, 1.165) is 29.8 Å². The average molecular weight is 285 g/mol. The van der Waals surface area contributed by atoms with Crippen molar-refractivity contribution in [3.63, 3.8) is 0 Å². The number of H-pyrrole nitrogens is 1. The van der Waals surface area contributed by atoms with E-state index in [1.165, 1.54) is 0 Å². The summed E-state index contributed by atoms with van der Waals surface area (Å²) in [4.78, 5) is 12.5. The van der Waals surface area contributed by atoms with E-state index in [-0.39, 0.29) is 11.8 Å². The number of amides is 1. The van der Waals surface area contributed by atoms with Crippen LogP contribution in [0.5, 0.6) is 5.75 Å². The number of ether oxygens (including phenoxy) is 1. The highest BCUT2D eigenvalue weighted by Crippen LogP contribution is 2.33. The molecule has 0 aliphatic carbocycles. The van der Waals surface area contributed by atoms with Crippen LogP contribution < -0.4 is 10.1 Å². The number of hydrogen-bond donors (Lipinski definition) is 2. The summed E-state index contributed by atoms with van der Waals surface area (Å²) >= 11 is 0. The third kappa shape index (κ3) is 2.91. The topological polar surface area (TPSA) is 67.0 Å². The maximum Gasteiger partial charge on any atom is 0.233 e. The summed E-state index contributed by atoms with van der Waals surface area (Å²) in [7, 11) is 0. The number of aryl methyl sites for hydroxylation is 1. The first-order chi connectivity index (χ1) is 10.3. The molecule has 3 rings (SSSR count). The number of rotatable bonds is 4. The van der Waals surface area contributed by atoms with Crippen LogP contribution in [-0.2, 0) is 11.2 Å². The average Bonchev–Trinajstić information content (AvgIpc) is 2.94. The Bertz CT molecular complexity index is 636. The van der Waals surface area contributed by atoms with Crippen molar-refractivity contribution < 1.29 is 9.53 Å². The first kappa shape index (κ1) is 13.7. The summed E-state index contributed by atoms with van der Waals surface area (Å²) in [6.45, 7) is 2.68. The van der Waals surface area contributed by atoms with Crippen molar-refractivity contribution >= 4 is 11.7 Å². The van der Waals surface area contributed by atoms with Crippen molar-refractivity contribution in [3.05, 3.63) is 41.6 Å². The summed E-state index contributed by atoms with van der Waals surface area (Å²) in [5.41, 5.74) is 1.99. The molecule has 21 heavy (non-hydrogen) atoms. The molecular weight excluding hydrogens is 266 g/mol. The quantitative estimate of drug-likeness (QED) is 0.907. The van der Waals surface area contributed by atoms with E-state index >= 15 is 0 Å². The molecule has 0 fully saturated rings. The summed E-state index contributed by atoms with van der Waals surface area (Å²) in [6.07, 6.45) is 2.67. The summed E-state index contributed by atoms with van der Waals surface area (Å²) in [6, 6.07) is 9.60. The van der Waals surface area contributed by atoms with Crippen LogP contribution in [0.25, 0.3) is 0 Å². The van der Waals surface area contributed by atoms with E-state index in [1.807, 2.05) is 30.3 Å². The number of para-hydroxylation sites is 1. The van der Waals surface area contributed by atoms with E-state index < -0.39 is 0 Å². The zero-order valence-electron chi connectivity index (χ0n) is 12.1. The standard InChI is InChI=1S/C16H19N3O2/c1-2-5-11-10-15(19-18-11)17-16(20)13-8-9-21-14-7-4-3-6-12(13)14/h3-4,6-7,10,13H,2,5,8-9H2,1H3,(H2,17,18,19,20). The van der Waals surface area contributed by atoms with Crippen LogP contribution in [0.4, 0.5) is 5.82 Å². The van der Waals surface area contributed by atoms with Gasteiger partial charge in [0, 0.05) is 17.3 Å².